The number of carboxylic acids is 1. The number of nitrogens with one attached hydrogen (secondary N) is 1. The molecule has 17 heavy (non-hydrogen) atoms. The lowest BCUT2D eigenvalue weighted by Gasteiger charge is -2.20. The fraction of sp³-hybridized carbons (Fsp3) is 0.417. The maximum absolute atomic E-state index is 13.4. The lowest BCUT2D eigenvalue weighted by molar-refractivity contribution is -0.139. The Bertz CT molecular complexity index is 404. The second-order valence-electron chi connectivity index (χ2n) is 4.06. The first-order valence-corrected chi connectivity index (χ1v) is 5.50. The molecule has 0 spiro atoms. The van der Waals surface area contributed by atoms with Crippen LogP contribution in [-0.4, -0.2) is 30.3 Å². The molecule has 2 rings (SSSR count). The van der Waals surface area contributed by atoms with Gasteiger partial charge in [0.05, 0.1) is 12.3 Å². The molecule has 4 nitrogen and oxygen atoms in total. The highest BCUT2D eigenvalue weighted by atomic mass is 19.1. The Hall–Kier alpha value is -1.62. The van der Waals surface area contributed by atoms with Gasteiger partial charge in [0.1, 0.15) is 11.9 Å². The van der Waals surface area contributed by atoms with Crippen LogP contribution in [0.1, 0.15) is 6.42 Å². The van der Waals surface area contributed by atoms with Gasteiger partial charge >= 0.3 is 5.97 Å². The Labute approximate surface area is 98.4 Å². The fourth-order valence-corrected chi connectivity index (χ4v) is 1.94. The minimum atomic E-state index is -0.983. The van der Waals surface area contributed by atoms with Crippen molar-refractivity contribution in [1.82, 2.24) is 0 Å². The number of rotatable bonds is 4. The summed E-state index contributed by atoms with van der Waals surface area (Å²) in [5.41, 5.74) is 0.215. The Morgan fingerprint density at radius 2 is 2.29 bits per heavy atom. The van der Waals surface area contributed by atoms with Crippen molar-refractivity contribution in [2.75, 3.05) is 18.5 Å². The molecule has 5 heteroatoms. The molecule has 0 aliphatic carbocycles. The highest BCUT2D eigenvalue weighted by Gasteiger charge is 2.31. The second kappa shape index (κ2) is 5.14. The zero-order valence-electron chi connectivity index (χ0n) is 9.23. The summed E-state index contributed by atoms with van der Waals surface area (Å²) in [5.74, 6) is -1.55. The molecule has 0 amide bonds. The third kappa shape index (κ3) is 2.74. The summed E-state index contributed by atoms with van der Waals surface area (Å²) < 4.78 is 18.6. The molecule has 1 aromatic rings. The number of benzene rings is 1. The van der Waals surface area contributed by atoms with E-state index in [4.69, 9.17) is 9.84 Å². The van der Waals surface area contributed by atoms with E-state index in [0.29, 0.717) is 19.6 Å². The van der Waals surface area contributed by atoms with Gasteiger partial charge in [-0.05, 0) is 18.6 Å². The number of hydrogen-bond acceptors (Lipinski definition) is 3. The van der Waals surface area contributed by atoms with Gasteiger partial charge in [0.15, 0.2) is 0 Å². The van der Waals surface area contributed by atoms with Crippen LogP contribution in [0, 0.1) is 11.7 Å². The number of aliphatic carboxylic acids is 1. The van der Waals surface area contributed by atoms with Crippen molar-refractivity contribution in [1.29, 1.82) is 0 Å². The molecular formula is C12H14FNO3. The third-order valence-electron chi connectivity index (χ3n) is 2.89. The minimum Gasteiger partial charge on any atom is -0.480 e. The van der Waals surface area contributed by atoms with Crippen LogP contribution in [-0.2, 0) is 9.53 Å². The summed E-state index contributed by atoms with van der Waals surface area (Å²) >= 11 is 0. The quantitative estimate of drug-likeness (QED) is 0.840. The molecule has 0 aromatic heterocycles. The van der Waals surface area contributed by atoms with Crippen LogP contribution in [0.15, 0.2) is 24.3 Å². The molecule has 0 saturated carbocycles. The molecule has 0 bridgehead atoms. The van der Waals surface area contributed by atoms with Crippen molar-refractivity contribution in [2.24, 2.45) is 5.92 Å². The van der Waals surface area contributed by atoms with E-state index in [1.165, 1.54) is 12.1 Å². The van der Waals surface area contributed by atoms with E-state index >= 15 is 0 Å². The van der Waals surface area contributed by atoms with Crippen LogP contribution < -0.4 is 5.32 Å². The van der Waals surface area contributed by atoms with Gasteiger partial charge in [0.2, 0.25) is 0 Å². The van der Waals surface area contributed by atoms with Crippen LogP contribution in [0.25, 0.3) is 0 Å². The van der Waals surface area contributed by atoms with Gasteiger partial charge in [0, 0.05) is 12.5 Å². The van der Waals surface area contributed by atoms with Gasteiger partial charge in [-0.3, -0.25) is 0 Å². The van der Waals surface area contributed by atoms with Crippen molar-refractivity contribution in [3.63, 3.8) is 0 Å². The standard InChI is InChI=1S/C12H14FNO3/c13-9-3-1-2-4-10(9)14-11(12(15)16)8-5-6-17-7-8/h1-4,8,11,14H,5-7H2,(H,15,16). The molecule has 2 N–H and O–H groups in total. The summed E-state index contributed by atoms with van der Waals surface area (Å²) in [5, 5.41) is 11.9. The average molecular weight is 239 g/mol. The molecule has 2 unspecified atom stereocenters. The van der Waals surface area contributed by atoms with Crippen LogP contribution in [0.3, 0.4) is 0 Å². The van der Waals surface area contributed by atoms with Crippen LogP contribution in [0.2, 0.25) is 0 Å². The number of ether oxygens (including phenoxy) is 1. The van der Waals surface area contributed by atoms with Gasteiger partial charge < -0.3 is 15.2 Å². The predicted octanol–water partition coefficient (Wildman–Crippen LogP) is 1.73. The summed E-state index contributed by atoms with van der Waals surface area (Å²) in [7, 11) is 0. The zero-order chi connectivity index (χ0) is 12.3. The summed E-state index contributed by atoms with van der Waals surface area (Å²) in [6.07, 6.45) is 0.679. The van der Waals surface area contributed by atoms with Gasteiger partial charge in [-0.2, -0.15) is 0 Å². The van der Waals surface area contributed by atoms with E-state index in [1.54, 1.807) is 12.1 Å². The van der Waals surface area contributed by atoms with Gasteiger partial charge in [-0.1, -0.05) is 12.1 Å². The van der Waals surface area contributed by atoms with Crippen molar-refractivity contribution < 1.29 is 19.0 Å². The van der Waals surface area contributed by atoms with Crippen molar-refractivity contribution in [3.05, 3.63) is 30.1 Å². The van der Waals surface area contributed by atoms with Gasteiger partial charge in [-0.15, -0.1) is 0 Å². The van der Waals surface area contributed by atoms with Crippen molar-refractivity contribution >= 4 is 11.7 Å². The molecule has 1 fully saturated rings. The van der Waals surface area contributed by atoms with Crippen molar-refractivity contribution in [3.8, 4) is 0 Å². The largest absolute Gasteiger partial charge is 0.480 e. The van der Waals surface area contributed by atoms with Crippen LogP contribution in [0.4, 0.5) is 10.1 Å². The molecule has 1 heterocycles. The third-order valence-corrected chi connectivity index (χ3v) is 2.89. The number of carbonyl (C=O) groups is 1. The normalized spacial score (nSPS) is 21.1. The molecule has 0 radical (unpaired) electrons. The topological polar surface area (TPSA) is 58.6 Å². The van der Waals surface area contributed by atoms with E-state index in [2.05, 4.69) is 5.32 Å². The van der Waals surface area contributed by atoms with E-state index < -0.39 is 17.8 Å². The minimum absolute atomic E-state index is 0.118. The first kappa shape index (κ1) is 11.9. The van der Waals surface area contributed by atoms with Crippen LogP contribution >= 0.6 is 0 Å². The maximum Gasteiger partial charge on any atom is 0.326 e. The van der Waals surface area contributed by atoms with E-state index in [-0.39, 0.29) is 11.6 Å². The van der Waals surface area contributed by atoms with E-state index in [9.17, 15) is 9.18 Å². The SMILES string of the molecule is O=C(O)C(Nc1ccccc1F)C1CCOC1. The highest BCUT2D eigenvalue weighted by molar-refractivity contribution is 5.77. The maximum atomic E-state index is 13.4. The number of anilines is 1. The zero-order valence-corrected chi connectivity index (χ0v) is 9.23. The van der Waals surface area contributed by atoms with E-state index in [1.807, 2.05) is 0 Å². The predicted molar refractivity (Wildman–Crippen MR) is 60.4 cm³/mol. The molecule has 1 aliphatic rings. The first-order chi connectivity index (χ1) is 8.18. The molecule has 1 aliphatic heterocycles. The Kier molecular flexibility index (Phi) is 3.58. The number of hydrogen-bond donors (Lipinski definition) is 2. The van der Waals surface area contributed by atoms with Crippen molar-refractivity contribution in [2.45, 2.75) is 12.5 Å². The van der Waals surface area contributed by atoms with E-state index in [0.717, 1.165) is 0 Å². The molecular weight excluding hydrogens is 225 g/mol. The Balaban J connectivity index is 2.12. The number of carboxylic acid groups (broad SMARTS) is 1. The molecule has 1 saturated heterocycles. The lowest BCUT2D eigenvalue weighted by Crippen LogP contribution is -2.37. The molecule has 2 atom stereocenters. The molecule has 1 aromatic carbocycles. The Morgan fingerprint density at radius 3 is 2.88 bits per heavy atom. The van der Waals surface area contributed by atoms with Gasteiger partial charge in [0.25, 0.3) is 0 Å². The first-order valence-electron chi connectivity index (χ1n) is 5.50. The highest BCUT2D eigenvalue weighted by Crippen LogP contribution is 2.22. The van der Waals surface area contributed by atoms with Gasteiger partial charge in [-0.25, -0.2) is 9.18 Å². The molecule has 92 valence electrons. The van der Waals surface area contributed by atoms with Crippen LogP contribution in [0.5, 0.6) is 0 Å². The summed E-state index contributed by atoms with van der Waals surface area (Å²) in [6, 6.07) is 5.24. The Morgan fingerprint density at radius 1 is 1.53 bits per heavy atom. The summed E-state index contributed by atoms with van der Waals surface area (Å²) in [6.45, 7) is 0.964. The smallest absolute Gasteiger partial charge is 0.326 e. The fourth-order valence-electron chi connectivity index (χ4n) is 1.94. The second-order valence-corrected chi connectivity index (χ2v) is 4.06. The monoisotopic (exact) mass is 239 g/mol. The number of halogens is 1. The average Bonchev–Trinajstić information content (AvgIpc) is 2.81. The lowest BCUT2D eigenvalue weighted by atomic mass is 9.99. The summed E-state index contributed by atoms with van der Waals surface area (Å²) in [4.78, 5) is 11.2. The number of para-hydroxylation sites is 1.